The third-order valence-corrected chi connectivity index (χ3v) is 8.51. The Bertz CT molecular complexity index is 874. The smallest absolute Gasteiger partial charge is 0.245 e. The molecule has 2 aliphatic rings. The molecule has 2 aliphatic heterocycles. The fourth-order valence-corrected chi connectivity index (χ4v) is 6.02. The summed E-state index contributed by atoms with van der Waals surface area (Å²) in [5, 5.41) is 22.2. The Balaban J connectivity index is 2.08. The first-order valence-corrected chi connectivity index (χ1v) is 15.5. The van der Waals surface area contributed by atoms with Crippen LogP contribution in [-0.2, 0) is 28.8 Å². The van der Waals surface area contributed by atoms with E-state index in [9.17, 15) is 33.9 Å². The van der Waals surface area contributed by atoms with E-state index in [4.69, 9.17) is 5.73 Å². The lowest BCUT2D eigenvalue weighted by Crippen LogP contribution is -2.59. The molecule has 0 radical (unpaired) electrons. The van der Waals surface area contributed by atoms with Crippen molar-refractivity contribution in [1.29, 1.82) is 0 Å². The van der Waals surface area contributed by atoms with Gasteiger partial charge in [0.25, 0.3) is 0 Å². The summed E-state index contributed by atoms with van der Waals surface area (Å²) in [6.07, 6.45) is 3.46. The standard InChI is InChI=1S/C23H39N7O7S2/c24-7-2-1-5-15(21(35)26-12-20(34)30-8-3-4-9-30)28-23(37)17-14-39-38-10-6-18(32)25-11-19(33)27-16(13-31)22(36)29-17/h15-17,31H,1-14,24H2,(H,25,32)(H,26,35)(H,27,33)(H,28,37)(H,29,36). The zero-order valence-electron chi connectivity index (χ0n) is 21.9. The van der Waals surface area contributed by atoms with E-state index in [0.717, 1.165) is 12.8 Å². The van der Waals surface area contributed by atoms with Crippen LogP contribution in [0.3, 0.4) is 0 Å². The highest BCUT2D eigenvalue weighted by Gasteiger charge is 2.30. The quantitative estimate of drug-likeness (QED) is 0.103. The van der Waals surface area contributed by atoms with Crippen LogP contribution in [0.4, 0.5) is 0 Å². The first-order valence-electron chi connectivity index (χ1n) is 13.0. The summed E-state index contributed by atoms with van der Waals surface area (Å²) in [6, 6.07) is -3.41. The second-order valence-corrected chi connectivity index (χ2v) is 11.8. The van der Waals surface area contributed by atoms with Crippen LogP contribution in [0.5, 0.6) is 0 Å². The zero-order chi connectivity index (χ0) is 28.6. The van der Waals surface area contributed by atoms with E-state index in [-0.39, 0.29) is 43.5 Å². The highest BCUT2D eigenvalue weighted by atomic mass is 33.1. The molecule has 2 heterocycles. The van der Waals surface area contributed by atoms with E-state index in [1.54, 1.807) is 4.90 Å². The number of rotatable bonds is 10. The van der Waals surface area contributed by atoms with Crippen molar-refractivity contribution in [3.8, 4) is 0 Å². The average molecular weight is 590 g/mol. The molecule has 3 unspecified atom stereocenters. The minimum atomic E-state index is -1.34. The number of unbranched alkanes of at least 4 members (excludes halogenated alkanes) is 1. The molecule has 0 aromatic heterocycles. The molecule has 220 valence electrons. The maximum atomic E-state index is 13.2. The Labute approximate surface area is 235 Å². The van der Waals surface area contributed by atoms with Crippen LogP contribution in [0.15, 0.2) is 0 Å². The van der Waals surface area contributed by atoms with Gasteiger partial charge in [0.15, 0.2) is 0 Å². The van der Waals surface area contributed by atoms with E-state index < -0.39 is 48.4 Å². The third kappa shape index (κ3) is 12.0. The largest absolute Gasteiger partial charge is 0.394 e. The van der Waals surface area contributed by atoms with Crippen molar-refractivity contribution in [2.45, 2.75) is 56.7 Å². The number of hydrogen-bond acceptors (Lipinski definition) is 10. The molecule has 0 aliphatic carbocycles. The maximum absolute atomic E-state index is 13.2. The zero-order valence-corrected chi connectivity index (χ0v) is 23.5. The number of likely N-dealkylation sites (tertiary alicyclic amines) is 1. The summed E-state index contributed by atoms with van der Waals surface area (Å²) in [5.74, 6) is -2.64. The predicted octanol–water partition coefficient (Wildman–Crippen LogP) is -2.80. The number of aliphatic hydroxyl groups excluding tert-OH is 1. The number of nitrogens with two attached hydrogens (primary N) is 1. The lowest BCUT2D eigenvalue weighted by atomic mass is 10.1. The molecule has 0 bridgehead atoms. The van der Waals surface area contributed by atoms with Crippen molar-refractivity contribution < 1.29 is 33.9 Å². The highest BCUT2D eigenvalue weighted by Crippen LogP contribution is 2.23. The van der Waals surface area contributed by atoms with E-state index in [1.165, 1.54) is 21.6 Å². The maximum Gasteiger partial charge on any atom is 0.245 e. The van der Waals surface area contributed by atoms with Crippen LogP contribution >= 0.6 is 21.6 Å². The van der Waals surface area contributed by atoms with Crippen LogP contribution in [0.25, 0.3) is 0 Å². The third-order valence-electron chi connectivity index (χ3n) is 6.10. The van der Waals surface area contributed by atoms with E-state index >= 15 is 0 Å². The van der Waals surface area contributed by atoms with Crippen LogP contribution in [0, 0.1) is 0 Å². The van der Waals surface area contributed by atoms with E-state index in [0.29, 0.717) is 38.2 Å². The number of aliphatic hydroxyl groups is 1. The van der Waals surface area contributed by atoms with Crippen LogP contribution in [-0.4, -0.2) is 114 Å². The number of hydrogen-bond donors (Lipinski definition) is 7. The molecule has 0 spiro atoms. The van der Waals surface area contributed by atoms with Crippen molar-refractivity contribution in [1.82, 2.24) is 31.5 Å². The molecule has 6 amide bonds. The van der Waals surface area contributed by atoms with Crippen molar-refractivity contribution in [3.05, 3.63) is 0 Å². The van der Waals surface area contributed by atoms with Gasteiger partial charge in [-0.15, -0.1) is 0 Å². The van der Waals surface area contributed by atoms with Gasteiger partial charge in [0.05, 0.1) is 19.7 Å². The summed E-state index contributed by atoms with van der Waals surface area (Å²) in [4.78, 5) is 76.9. The van der Waals surface area contributed by atoms with Gasteiger partial charge < -0.3 is 42.3 Å². The molecule has 39 heavy (non-hydrogen) atoms. The molecular weight excluding hydrogens is 550 g/mol. The minimum Gasteiger partial charge on any atom is -0.394 e. The lowest BCUT2D eigenvalue weighted by molar-refractivity contribution is -0.135. The molecule has 8 N–H and O–H groups in total. The van der Waals surface area contributed by atoms with Crippen molar-refractivity contribution >= 4 is 57.0 Å². The summed E-state index contributed by atoms with van der Waals surface area (Å²) in [6.45, 7) is 0.459. The van der Waals surface area contributed by atoms with Gasteiger partial charge in [-0.1, -0.05) is 21.6 Å². The second kappa shape index (κ2) is 17.9. The van der Waals surface area contributed by atoms with Gasteiger partial charge in [0.1, 0.15) is 18.1 Å². The van der Waals surface area contributed by atoms with Gasteiger partial charge in [-0.05, 0) is 38.6 Å². The van der Waals surface area contributed by atoms with Gasteiger partial charge >= 0.3 is 0 Å². The van der Waals surface area contributed by atoms with Gasteiger partial charge in [-0.2, -0.15) is 0 Å². The van der Waals surface area contributed by atoms with Crippen molar-refractivity contribution in [2.24, 2.45) is 5.73 Å². The Kier molecular flexibility index (Phi) is 15.0. The SMILES string of the molecule is NCCCCC(NC(=O)C1CSSCCC(=O)NCC(=O)NC(CO)C(=O)N1)C(=O)NCC(=O)N1CCCC1. The number of carbonyl (C=O) groups is 6. The predicted molar refractivity (Wildman–Crippen MR) is 147 cm³/mol. The molecule has 2 fully saturated rings. The molecule has 0 aromatic rings. The molecular formula is C23H39N7O7S2. The molecule has 2 saturated heterocycles. The van der Waals surface area contributed by atoms with Crippen LogP contribution in [0.1, 0.15) is 38.5 Å². The van der Waals surface area contributed by atoms with Gasteiger partial charge in [0, 0.05) is 31.0 Å². The first-order chi connectivity index (χ1) is 18.7. The number of nitrogens with one attached hydrogen (secondary N) is 5. The summed E-state index contributed by atoms with van der Waals surface area (Å²) < 4.78 is 0. The molecule has 14 nitrogen and oxygen atoms in total. The van der Waals surface area contributed by atoms with E-state index in [1.807, 2.05) is 0 Å². The number of amides is 6. The second-order valence-electron chi connectivity index (χ2n) is 9.15. The van der Waals surface area contributed by atoms with Gasteiger partial charge in [-0.25, -0.2) is 0 Å². The van der Waals surface area contributed by atoms with Crippen LogP contribution < -0.4 is 32.3 Å². The molecule has 3 atom stereocenters. The van der Waals surface area contributed by atoms with Crippen LogP contribution in [0.2, 0.25) is 0 Å². The normalized spacial score (nSPS) is 22.1. The Morgan fingerprint density at radius 1 is 1.08 bits per heavy atom. The molecule has 0 aromatic carbocycles. The highest BCUT2D eigenvalue weighted by molar-refractivity contribution is 8.76. The Hall–Kier alpha value is -2.56. The average Bonchev–Trinajstić information content (AvgIpc) is 3.46. The van der Waals surface area contributed by atoms with E-state index in [2.05, 4.69) is 26.6 Å². The molecule has 16 heteroatoms. The summed E-state index contributed by atoms with van der Waals surface area (Å²) in [7, 11) is 2.58. The molecule has 0 saturated carbocycles. The first kappa shape index (κ1) is 32.7. The van der Waals surface area contributed by atoms with Crippen molar-refractivity contribution in [2.75, 3.05) is 50.8 Å². The topological polar surface area (TPSA) is 212 Å². The minimum absolute atomic E-state index is 0.0978. The lowest BCUT2D eigenvalue weighted by Gasteiger charge is -2.25. The fraction of sp³-hybridized carbons (Fsp3) is 0.739. The van der Waals surface area contributed by atoms with Gasteiger partial charge in [0.2, 0.25) is 35.4 Å². The Morgan fingerprint density at radius 2 is 1.82 bits per heavy atom. The Morgan fingerprint density at radius 3 is 2.51 bits per heavy atom. The summed E-state index contributed by atoms with van der Waals surface area (Å²) in [5.41, 5.74) is 5.58. The van der Waals surface area contributed by atoms with Gasteiger partial charge in [-0.3, -0.25) is 28.8 Å². The summed E-state index contributed by atoms with van der Waals surface area (Å²) >= 11 is 0. The fourth-order valence-electron chi connectivity index (χ4n) is 3.87. The number of nitrogens with zero attached hydrogens (tertiary/aromatic N) is 1. The van der Waals surface area contributed by atoms with Crippen molar-refractivity contribution in [3.63, 3.8) is 0 Å². The molecule has 2 rings (SSSR count). The number of carbonyl (C=O) groups excluding carboxylic acids is 6. The monoisotopic (exact) mass is 589 g/mol.